The molecule has 2 heterocycles. The predicted molar refractivity (Wildman–Crippen MR) is 107 cm³/mol. The third-order valence-corrected chi connectivity index (χ3v) is 4.39. The summed E-state index contributed by atoms with van der Waals surface area (Å²) in [6.07, 6.45) is 3.31. The Morgan fingerprint density at radius 2 is 1.93 bits per heavy atom. The molecule has 8 nitrogen and oxygen atoms in total. The molecule has 0 saturated carbocycles. The molecule has 1 aliphatic rings. The van der Waals surface area contributed by atoms with Gasteiger partial charge in [-0.25, -0.2) is 0 Å². The maximum atomic E-state index is 12.9. The number of halogens is 1. The lowest BCUT2D eigenvalue weighted by atomic mass is 10.1. The van der Waals surface area contributed by atoms with Gasteiger partial charge < -0.3 is 29.8 Å². The fourth-order valence-corrected chi connectivity index (χ4v) is 3.00. The second-order valence-corrected chi connectivity index (χ2v) is 6.20. The first-order chi connectivity index (χ1) is 13.1. The Balaban J connectivity index is 0.00000280. The number of methoxy groups -OCH3 is 2. The molecule has 0 spiro atoms. The molecule has 0 aliphatic carbocycles. The van der Waals surface area contributed by atoms with Gasteiger partial charge in [0.05, 0.1) is 31.7 Å². The van der Waals surface area contributed by atoms with E-state index < -0.39 is 5.91 Å². The second-order valence-electron chi connectivity index (χ2n) is 6.20. The van der Waals surface area contributed by atoms with Crippen molar-refractivity contribution in [1.82, 2.24) is 10.6 Å². The highest BCUT2D eigenvalue weighted by Gasteiger charge is 2.22. The van der Waals surface area contributed by atoms with Crippen molar-refractivity contribution in [2.45, 2.75) is 18.9 Å². The van der Waals surface area contributed by atoms with Crippen molar-refractivity contribution < 1.29 is 23.5 Å². The molecule has 28 heavy (non-hydrogen) atoms. The van der Waals surface area contributed by atoms with E-state index >= 15 is 0 Å². The Labute approximate surface area is 169 Å². The molecule has 1 aliphatic heterocycles. The van der Waals surface area contributed by atoms with E-state index in [2.05, 4.69) is 16.0 Å². The van der Waals surface area contributed by atoms with Gasteiger partial charge in [0.1, 0.15) is 0 Å². The van der Waals surface area contributed by atoms with E-state index in [9.17, 15) is 9.59 Å². The molecule has 3 N–H and O–H groups in total. The average molecular weight is 410 g/mol. The van der Waals surface area contributed by atoms with E-state index in [1.807, 2.05) is 0 Å². The zero-order chi connectivity index (χ0) is 19.2. The number of furan rings is 1. The first kappa shape index (κ1) is 21.6. The highest BCUT2D eigenvalue weighted by molar-refractivity contribution is 6.08. The summed E-state index contributed by atoms with van der Waals surface area (Å²) in [5.74, 6) is 0.205. The number of carbonyl (C=O) groups excluding carboxylic acids is 2. The smallest absolute Gasteiger partial charge is 0.291 e. The lowest BCUT2D eigenvalue weighted by Gasteiger charge is -2.24. The molecule has 1 aromatic carbocycles. The second kappa shape index (κ2) is 10.0. The van der Waals surface area contributed by atoms with Crippen molar-refractivity contribution in [2.24, 2.45) is 0 Å². The molecular formula is C19H24ClN3O5. The van der Waals surface area contributed by atoms with Crippen LogP contribution in [0.3, 0.4) is 0 Å². The van der Waals surface area contributed by atoms with Gasteiger partial charge >= 0.3 is 0 Å². The van der Waals surface area contributed by atoms with Gasteiger partial charge in [0.15, 0.2) is 17.3 Å². The molecule has 3 rings (SSSR count). The third kappa shape index (κ3) is 4.96. The predicted octanol–water partition coefficient (Wildman–Crippen LogP) is 2.45. The van der Waals surface area contributed by atoms with Gasteiger partial charge in [-0.05, 0) is 37.6 Å². The molecule has 1 fully saturated rings. The van der Waals surface area contributed by atoms with Crippen molar-refractivity contribution in [1.29, 1.82) is 0 Å². The lowest BCUT2D eigenvalue weighted by molar-refractivity contribution is 0.0931. The molecule has 152 valence electrons. The summed E-state index contributed by atoms with van der Waals surface area (Å²) in [6, 6.07) is 6.32. The number of carbonyl (C=O) groups is 2. The molecule has 1 atom stereocenters. The number of rotatable bonds is 6. The highest BCUT2D eigenvalue weighted by atomic mass is 35.5. The number of hydrogen-bond donors (Lipinski definition) is 3. The van der Waals surface area contributed by atoms with E-state index in [0.717, 1.165) is 19.4 Å². The standard InChI is InChI=1S/C19H23N3O5.ClH/c1-25-16-9-13(18(23)21-12-5-3-7-20-11-12)14(10-17(16)26-2)22-19(24)15-6-4-8-27-15;/h4,6,8-10,12,20H,3,5,7,11H2,1-2H3,(H,21,23)(H,22,24);1H. The molecular weight excluding hydrogens is 386 g/mol. The van der Waals surface area contributed by atoms with Gasteiger partial charge in [0, 0.05) is 18.7 Å². The van der Waals surface area contributed by atoms with Crippen LogP contribution in [0.2, 0.25) is 0 Å². The lowest BCUT2D eigenvalue weighted by Crippen LogP contribution is -2.45. The third-order valence-electron chi connectivity index (χ3n) is 4.39. The Kier molecular flexibility index (Phi) is 7.71. The SMILES string of the molecule is COc1cc(NC(=O)c2ccco2)c(C(=O)NC2CCCNC2)cc1OC.Cl. The Morgan fingerprint density at radius 3 is 2.54 bits per heavy atom. The molecule has 1 aromatic heterocycles. The van der Waals surface area contributed by atoms with Crippen LogP contribution in [0.25, 0.3) is 0 Å². The normalized spacial score (nSPS) is 15.9. The zero-order valence-electron chi connectivity index (χ0n) is 15.7. The van der Waals surface area contributed by atoms with Crippen LogP contribution >= 0.6 is 12.4 Å². The quantitative estimate of drug-likeness (QED) is 0.677. The van der Waals surface area contributed by atoms with E-state index in [0.29, 0.717) is 23.7 Å². The Morgan fingerprint density at radius 1 is 1.18 bits per heavy atom. The van der Waals surface area contributed by atoms with Crippen LogP contribution in [-0.2, 0) is 0 Å². The summed E-state index contributed by atoms with van der Waals surface area (Å²) in [5, 5.41) is 8.97. The van der Waals surface area contributed by atoms with E-state index in [1.54, 1.807) is 24.3 Å². The molecule has 0 bridgehead atoms. The minimum Gasteiger partial charge on any atom is -0.493 e. The molecule has 2 aromatic rings. The van der Waals surface area contributed by atoms with Crippen molar-refractivity contribution in [3.8, 4) is 11.5 Å². The fraction of sp³-hybridized carbons (Fsp3) is 0.368. The number of hydrogen-bond acceptors (Lipinski definition) is 6. The average Bonchev–Trinajstić information content (AvgIpc) is 3.23. The minimum atomic E-state index is -0.458. The summed E-state index contributed by atoms with van der Waals surface area (Å²) in [6.45, 7) is 1.67. The number of piperidine rings is 1. The van der Waals surface area contributed by atoms with E-state index in [-0.39, 0.29) is 35.7 Å². The molecule has 1 saturated heterocycles. The highest BCUT2D eigenvalue weighted by Crippen LogP contribution is 2.33. The summed E-state index contributed by atoms with van der Waals surface area (Å²) in [7, 11) is 2.98. The summed E-state index contributed by atoms with van der Waals surface area (Å²) < 4.78 is 15.7. The maximum Gasteiger partial charge on any atom is 0.291 e. The van der Waals surface area contributed by atoms with Gasteiger partial charge in [0.25, 0.3) is 11.8 Å². The topological polar surface area (TPSA) is 102 Å². The van der Waals surface area contributed by atoms with Gasteiger partial charge in [-0.3, -0.25) is 9.59 Å². The van der Waals surface area contributed by atoms with Crippen LogP contribution in [0, 0.1) is 0 Å². The van der Waals surface area contributed by atoms with Gasteiger partial charge in [-0.15, -0.1) is 12.4 Å². The minimum absolute atomic E-state index is 0. The van der Waals surface area contributed by atoms with Crippen molar-refractivity contribution in [3.05, 3.63) is 41.9 Å². The first-order valence-corrected chi connectivity index (χ1v) is 8.75. The molecule has 2 amide bonds. The van der Waals surface area contributed by atoms with Crippen LogP contribution in [0.5, 0.6) is 11.5 Å². The van der Waals surface area contributed by atoms with Crippen molar-refractivity contribution in [2.75, 3.05) is 32.6 Å². The maximum absolute atomic E-state index is 12.9. The Hall–Kier alpha value is -2.71. The number of ether oxygens (including phenoxy) is 2. The van der Waals surface area contributed by atoms with Gasteiger partial charge in [-0.2, -0.15) is 0 Å². The molecule has 9 heteroatoms. The van der Waals surface area contributed by atoms with Gasteiger partial charge in [0.2, 0.25) is 0 Å². The van der Waals surface area contributed by atoms with E-state index in [1.165, 1.54) is 20.5 Å². The van der Waals surface area contributed by atoms with Crippen LogP contribution in [0.4, 0.5) is 5.69 Å². The summed E-state index contributed by atoms with van der Waals surface area (Å²) in [4.78, 5) is 25.2. The van der Waals surface area contributed by atoms with Crippen LogP contribution in [0.15, 0.2) is 34.9 Å². The van der Waals surface area contributed by atoms with Crippen molar-refractivity contribution in [3.63, 3.8) is 0 Å². The van der Waals surface area contributed by atoms with Crippen LogP contribution in [-0.4, -0.2) is 45.2 Å². The van der Waals surface area contributed by atoms with Crippen LogP contribution < -0.4 is 25.4 Å². The fourth-order valence-electron chi connectivity index (χ4n) is 3.00. The Bertz CT molecular complexity index is 804. The van der Waals surface area contributed by atoms with Gasteiger partial charge in [-0.1, -0.05) is 0 Å². The van der Waals surface area contributed by atoms with Crippen molar-refractivity contribution >= 4 is 29.9 Å². The first-order valence-electron chi connectivity index (χ1n) is 8.75. The monoisotopic (exact) mass is 409 g/mol. The zero-order valence-corrected chi connectivity index (χ0v) is 16.6. The number of benzene rings is 1. The molecule has 1 unspecified atom stereocenters. The largest absolute Gasteiger partial charge is 0.493 e. The number of nitrogens with one attached hydrogen (secondary N) is 3. The molecule has 0 radical (unpaired) electrons. The summed E-state index contributed by atoms with van der Waals surface area (Å²) in [5.41, 5.74) is 0.605. The van der Waals surface area contributed by atoms with E-state index in [4.69, 9.17) is 13.9 Å². The number of anilines is 1. The summed E-state index contributed by atoms with van der Waals surface area (Å²) >= 11 is 0. The number of amides is 2. The van der Waals surface area contributed by atoms with Crippen LogP contribution in [0.1, 0.15) is 33.8 Å².